The number of benzene rings is 2. The molecule has 0 radical (unpaired) electrons. The van der Waals surface area contributed by atoms with Crippen LogP contribution in [0, 0.1) is 0 Å². The lowest BCUT2D eigenvalue weighted by Crippen LogP contribution is -2.29. The van der Waals surface area contributed by atoms with E-state index in [9.17, 15) is 9.59 Å². The van der Waals surface area contributed by atoms with Gasteiger partial charge in [-0.1, -0.05) is 40.2 Å². The van der Waals surface area contributed by atoms with E-state index in [0.29, 0.717) is 11.4 Å². The highest BCUT2D eigenvalue weighted by Crippen LogP contribution is 2.23. The first-order valence-electron chi connectivity index (χ1n) is 7.57. The normalized spacial score (nSPS) is 11.8. The van der Waals surface area contributed by atoms with Gasteiger partial charge < -0.3 is 14.8 Å². The van der Waals surface area contributed by atoms with Crippen LogP contribution in [0.3, 0.4) is 0 Å². The number of methoxy groups -OCH3 is 1. The van der Waals surface area contributed by atoms with E-state index >= 15 is 0 Å². The molecule has 0 saturated heterocycles. The molecule has 0 fully saturated rings. The maximum absolute atomic E-state index is 12.2. The molecule has 2 aromatic rings. The van der Waals surface area contributed by atoms with Crippen LogP contribution in [0.1, 0.15) is 12.5 Å². The molecule has 2 rings (SSSR count). The molecule has 0 aliphatic rings. The van der Waals surface area contributed by atoms with Gasteiger partial charge in [-0.2, -0.15) is 0 Å². The van der Waals surface area contributed by atoms with Gasteiger partial charge in [0.1, 0.15) is 5.75 Å². The molecule has 0 saturated carbocycles. The number of amides is 1. The highest BCUT2D eigenvalue weighted by Gasteiger charge is 2.18. The van der Waals surface area contributed by atoms with E-state index in [1.807, 2.05) is 24.3 Å². The SMILES string of the molecule is COc1ccccc1NC(=O)[C@@H](C)OC(=O)/C=C/c1cccc(Br)c1. The summed E-state index contributed by atoms with van der Waals surface area (Å²) in [6.45, 7) is 1.51. The predicted molar refractivity (Wildman–Crippen MR) is 100 cm³/mol. The molecule has 0 aliphatic carbocycles. The third-order valence-corrected chi connectivity index (χ3v) is 3.78. The summed E-state index contributed by atoms with van der Waals surface area (Å²) in [4.78, 5) is 24.0. The Labute approximate surface area is 154 Å². The van der Waals surface area contributed by atoms with Crippen LogP contribution in [-0.2, 0) is 14.3 Å². The van der Waals surface area contributed by atoms with Gasteiger partial charge in [0.15, 0.2) is 6.10 Å². The number of carbonyl (C=O) groups is 2. The van der Waals surface area contributed by atoms with Crippen LogP contribution in [-0.4, -0.2) is 25.1 Å². The van der Waals surface area contributed by atoms with Crippen molar-refractivity contribution in [1.82, 2.24) is 0 Å². The van der Waals surface area contributed by atoms with Crippen LogP contribution in [0.15, 0.2) is 59.1 Å². The van der Waals surface area contributed by atoms with Crippen molar-refractivity contribution in [3.8, 4) is 5.75 Å². The zero-order valence-electron chi connectivity index (χ0n) is 13.9. The molecule has 0 bridgehead atoms. The largest absolute Gasteiger partial charge is 0.495 e. The summed E-state index contributed by atoms with van der Waals surface area (Å²) in [5.74, 6) is -0.500. The Morgan fingerprint density at radius 3 is 2.64 bits per heavy atom. The van der Waals surface area contributed by atoms with E-state index in [-0.39, 0.29) is 0 Å². The fraction of sp³-hybridized carbons (Fsp3) is 0.158. The van der Waals surface area contributed by atoms with Crippen LogP contribution in [0.25, 0.3) is 6.08 Å². The number of hydrogen-bond donors (Lipinski definition) is 1. The zero-order chi connectivity index (χ0) is 18.2. The second-order valence-electron chi connectivity index (χ2n) is 5.16. The minimum absolute atomic E-state index is 0.436. The van der Waals surface area contributed by atoms with E-state index in [2.05, 4.69) is 21.2 Å². The Kier molecular flexibility index (Phi) is 6.77. The molecule has 5 nitrogen and oxygen atoms in total. The van der Waals surface area contributed by atoms with Gasteiger partial charge in [-0.05, 0) is 42.8 Å². The Bertz CT molecular complexity index is 788. The molecule has 0 unspecified atom stereocenters. The topological polar surface area (TPSA) is 64.6 Å². The van der Waals surface area contributed by atoms with Crippen LogP contribution in [0.2, 0.25) is 0 Å². The molecule has 1 amide bonds. The molecule has 0 spiro atoms. The molecule has 0 heterocycles. The highest BCUT2D eigenvalue weighted by molar-refractivity contribution is 9.10. The Morgan fingerprint density at radius 2 is 1.92 bits per heavy atom. The lowest BCUT2D eigenvalue weighted by molar-refractivity contribution is -0.148. The van der Waals surface area contributed by atoms with Gasteiger partial charge in [-0.15, -0.1) is 0 Å². The average molecular weight is 404 g/mol. The van der Waals surface area contributed by atoms with E-state index < -0.39 is 18.0 Å². The summed E-state index contributed by atoms with van der Waals surface area (Å²) < 4.78 is 11.2. The summed E-state index contributed by atoms with van der Waals surface area (Å²) in [6.07, 6.45) is 1.97. The molecule has 1 atom stereocenters. The van der Waals surface area contributed by atoms with E-state index in [1.165, 1.54) is 20.1 Å². The van der Waals surface area contributed by atoms with Crippen LogP contribution < -0.4 is 10.1 Å². The van der Waals surface area contributed by atoms with Crippen molar-refractivity contribution in [2.75, 3.05) is 12.4 Å². The predicted octanol–water partition coefficient (Wildman–Crippen LogP) is 4.04. The van der Waals surface area contributed by atoms with Crippen molar-refractivity contribution in [3.05, 3.63) is 64.6 Å². The number of esters is 1. The molecular weight excluding hydrogens is 386 g/mol. The minimum atomic E-state index is -0.940. The average Bonchev–Trinajstić information content (AvgIpc) is 2.60. The minimum Gasteiger partial charge on any atom is -0.495 e. The fourth-order valence-electron chi connectivity index (χ4n) is 2.02. The maximum Gasteiger partial charge on any atom is 0.331 e. The van der Waals surface area contributed by atoms with Gasteiger partial charge in [-0.3, -0.25) is 4.79 Å². The number of anilines is 1. The third-order valence-electron chi connectivity index (χ3n) is 3.29. The van der Waals surface area contributed by atoms with Gasteiger partial charge >= 0.3 is 5.97 Å². The van der Waals surface area contributed by atoms with Crippen molar-refractivity contribution < 1.29 is 19.1 Å². The number of nitrogens with one attached hydrogen (secondary N) is 1. The second kappa shape index (κ2) is 9.03. The van der Waals surface area contributed by atoms with E-state index in [0.717, 1.165) is 10.0 Å². The van der Waals surface area contributed by atoms with Gasteiger partial charge in [0, 0.05) is 10.5 Å². The second-order valence-corrected chi connectivity index (χ2v) is 6.07. The standard InChI is InChI=1S/C19H18BrNO4/c1-13(19(23)21-16-8-3-4-9-17(16)24-2)25-18(22)11-10-14-6-5-7-15(20)12-14/h3-13H,1-2H3,(H,21,23)/b11-10+/t13-/m1/s1. The number of hydrogen-bond acceptors (Lipinski definition) is 4. The Hall–Kier alpha value is -2.60. The smallest absolute Gasteiger partial charge is 0.331 e. The highest BCUT2D eigenvalue weighted by atomic mass is 79.9. The van der Waals surface area contributed by atoms with E-state index in [1.54, 1.807) is 30.3 Å². The fourth-order valence-corrected chi connectivity index (χ4v) is 2.44. The molecule has 0 aromatic heterocycles. The summed E-state index contributed by atoms with van der Waals surface area (Å²) in [5.41, 5.74) is 1.36. The Balaban J connectivity index is 1.93. The number of halogens is 1. The van der Waals surface area contributed by atoms with Gasteiger partial charge in [0.05, 0.1) is 12.8 Å². The molecule has 130 valence electrons. The number of para-hydroxylation sites is 2. The first-order valence-corrected chi connectivity index (χ1v) is 8.37. The summed E-state index contributed by atoms with van der Waals surface area (Å²) in [6, 6.07) is 14.5. The van der Waals surface area contributed by atoms with Gasteiger partial charge in [-0.25, -0.2) is 4.79 Å². The van der Waals surface area contributed by atoms with E-state index in [4.69, 9.17) is 9.47 Å². The summed E-state index contributed by atoms with van der Waals surface area (Å²) in [7, 11) is 1.52. The molecular formula is C19H18BrNO4. The molecule has 25 heavy (non-hydrogen) atoms. The monoisotopic (exact) mass is 403 g/mol. The van der Waals surface area contributed by atoms with Crippen molar-refractivity contribution in [2.45, 2.75) is 13.0 Å². The quantitative estimate of drug-likeness (QED) is 0.583. The Morgan fingerprint density at radius 1 is 1.16 bits per heavy atom. The molecule has 0 aliphatic heterocycles. The number of rotatable bonds is 6. The van der Waals surface area contributed by atoms with Crippen molar-refractivity contribution >= 4 is 39.6 Å². The first kappa shape index (κ1) is 18.7. The number of carbonyl (C=O) groups excluding carboxylic acids is 2. The lowest BCUT2D eigenvalue weighted by atomic mass is 10.2. The molecule has 1 N–H and O–H groups in total. The molecule has 6 heteroatoms. The van der Waals surface area contributed by atoms with Crippen LogP contribution in [0.4, 0.5) is 5.69 Å². The zero-order valence-corrected chi connectivity index (χ0v) is 15.4. The van der Waals surface area contributed by atoms with Crippen LogP contribution >= 0.6 is 15.9 Å². The van der Waals surface area contributed by atoms with Gasteiger partial charge in [0.25, 0.3) is 5.91 Å². The van der Waals surface area contributed by atoms with Crippen molar-refractivity contribution in [3.63, 3.8) is 0 Å². The van der Waals surface area contributed by atoms with Crippen LogP contribution in [0.5, 0.6) is 5.75 Å². The molecule has 2 aromatic carbocycles. The number of ether oxygens (including phenoxy) is 2. The maximum atomic E-state index is 12.2. The van der Waals surface area contributed by atoms with Crippen molar-refractivity contribution in [1.29, 1.82) is 0 Å². The summed E-state index contributed by atoms with van der Waals surface area (Å²) in [5, 5.41) is 2.68. The lowest BCUT2D eigenvalue weighted by Gasteiger charge is -2.14. The van der Waals surface area contributed by atoms with Gasteiger partial charge in [0.2, 0.25) is 0 Å². The van der Waals surface area contributed by atoms with Crippen molar-refractivity contribution in [2.24, 2.45) is 0 Å². The first-order chi connectivity index (χ1) is 12.0. The third kappa shape index (κ3) is 5.76. The summed E-state index contributed by atoms with van der Waals surface area (Å²) >= 11 is 3.36.